The lowest BCUT2D eigenvalue weighted by molar-refractivity contribution is 0.268. The van der Waals surface area contributed by atoms with Crippen molar-refractivity contribution in [2.45, 2.75) is 51.4 Å². The molecule has 3 heterocycles. The first-order valence-corrected chi connectivity index (χ1v) is 12.6. The Kier molecular flexibility index (Phi) is 7.19. The zero-order valence-corrected chi connectivity index (χ0v) is 20.1. The molecule has 3 atom stereocenters. The molecule has 0 aromatic heterocycles. The summed E-state index contributed by atoms with van der Waals surface area (Å²) in [5.41, 5.74) is 5.28. The predicted octanol–water partition coefficient (Wildman–Crippen LogP) is 4.35. The van der Waals surface area contributed by atoms with Gasteiger partial charge in [0.15, 0.2) is 0 Å². The van der Waals surface area contributed by atoms with Crippen LogP contribution in [0.2, 0.25) is 0 Å². The fourth-order valence-corrected chi connectivity index (χ4v) is 4.31. The molecule has 0 radical (unpaired) electrons. The molecule has 0 N–H and O–H groups in total. The van der Waals surface area contributed by atoms with Gasteiger partial charge >= 0.3 is 0 Å². The predicted molar refractivity (Wildman–Crippen MR) is 133 cm³/mol. The second-order valence-corrected chi connectivity index (χ2v) is 10.1. The van der Waals surface area contributed by atoms with Crippen LogP contribution in [0.4, 0.5) is 5.69 Å². The standard InChI is InChI=1S/C28H38N2O3/c1-3-4-24(30(16-27-19-32-27)17-28-20-33-28)10-5-21(2)13-22-8-11-25(12-9-22)29(14-23-6-7-23)15-26-18-31-26/h3-5,8-12,23,26-28H,6-7,13-20H2,1-2H3/b4-3-,21-5+,24-10+. The van der Waals surface area contributed by atoms with Crippen LogP contribution in [0.25, 0.3) is 0 Å². The molecular weight excluding hydrogens is 412 g/mol. The van der Waals surface area contributed by atoms with Crippen LogP contribution in [0.15, 0.2) is 59.8 Å². The first-order chi connectivity index (χ1) is 16.2. The van der Waals surface area contributed by atoms with Crippen LogP contribution in [0, 0.1) is 5.92 Å². The number of allylic oxidation sites excluding steroid dienone is 5. The van der Waals surface area contributed by atoms with Crippen molar-refractivity contribution >= 4 is 5.69 Å². The van der Waals surface area contributed by atoms with Gasteiger partial charge in [-0.3, -0.25) is 0 Å². The van der Waals surface area contributed by atoms with Crippen molar-refractivity contribution in [1.82, 2.24) is 4.90 Å². The van der Waals surface area contributed by atoms with Crippen molar-refractivity contribution in [3.05, 3.63) is 65.4 Å². The van der Waals surface area contributed by atoms with Crippen molar-refractivity contribution in [3.63, 3.8) is 0 Å². The van der Waals surface area contributed by atoms with Gasteiger partial charge in [-0.1, -0.05) is 29.9 Å². The van der Waals surface area contributed by atoms with E-state index in [-0.39, 0.29) is 0 Å². The SMILES string of the molecule is C\C=C/C(=C\C=C(/C)Cc1ccc(N(CC2CC2)CC2CO2)cc1)N(CC1CO1)CC1CO1. The first-order valence-electron chi connectivity index (χ1n) is 12.6. The van der Waals surface area contributed by atoms with E-state index in [4.69, 9.17) is 14.2 Å². The van der Waals surface area contributed by atoms with Gasteiger partial charge in [-0.2, -0.15) is 0 Å². The average molecular weight is 451 g/mol. The molecule has 0 spiro atoms. The van der Waals surface area contributed by atoms with Gasteiger partial charge in [0.25, 0.3) is 0 Å². The van der Waals surface area contributed by atoms with Crippen LogP contribution in [0.1, 0.15) is 32.3 Å². The molecule has 1 aliphatic carbocycles. The van der Waals surface area contributed by atoms with Crippen molar-refractivity contribution in [2.24, 2.45) is 5.92 Å². The van der Waals surface area contributed by atoms with Gasteiger partial charge in [-0.05, 0) is 68.9 Å². The van der Waals surface area contributed by atoms with E-state index in [1.165, 1.54) is 41.9 Å². The third kappa shape index (κ3) is 7.46. The highest BCUT2D eigenvalue weighted by Crippen LogP contribution is 2.32. The fourth-order valence-electron chi connectivity index (χ4n) is 4.31. The number of anilines is 1. The number of benzene rings is 1. The lowest BCUT2D eigenvalue weighted by Gasteiger charge is -2.24. The Morgan fingerprint density at radius 1 is 0.879 bits per heavy atom. The second-order valence-electron chi connectivity index (χ2n) is 10.1. The number of ether oxygens (including phenoxy) is 3. The largest absolute Gasteiger partial charge is 0.371 e. The molecule has 3 unspecified atom stereocenters. The minimum absolute atomic E-state index is 0.368. The summed E-state index contributed by atoms with van der Waals surface area (Å²) >= 11 is 0. The normalized spacial score (nSPS) is 26.5. The highest BCUT2D eigenvalue weighted by molar-refractivity contribution is 5.48. The molecule has 5 rings (SSSR count). The maximum Gasteiger partial charge on any atom is 0.0984 e. The third-order valence-electron chi connectivity index (χ3n) is 6.68. The van der Waals surface area contributed by atoms with E-state index < -0.39 is 0 Å². The maximum absolute atomic E-state index is 5.49. The van der Waals surface area contributed by atoms with Crippen LogP contribution in [0.5, 0.6) is 0 Å². The second kappa shape index (κ2) is 10.5. The highest BCUT2D eigenvalue weighted by Gasteiger charge is 2.31. The van der Waals surface area contributed by atoms with E-state index in [0.717, 1.165) is 51.8 Å². The minimum atomic E-state index is 0.368. The molecule has 1 aromatic rings. The van der Waals surface area contributed by atoms with Crippen LogP contribution in [0.3, 0.4) is 0 Å². The Hall–Kier alpha value is -2.08. The van der Waals surface area contributed by atoms with Gasteiger partial charge in [0.2, 0.25) is 0 Å². The summed E-state index contributed by atoms with van der Waals surface area (Å²) < 4.78 is 16.5. The quantitative estimate of drug-likeness (QED) is 0.311. The zero-order valence-electron chi connectivity index (χ0n) is 20.1. The smallest absolute Gasteiger partial charge is 0.0984 e. The van der Waals surface area contributed by atoms with E-state index >= 15 is 0 Å². The lowest BCUT2D eigenvalue weighted by atomic mass is 10.0. The summed E-state index contributed by atoms with van der Waals surface area (Å²) in [5.74, 6) is 0.879. The van der Waals surface area contributed by atoms with E-state index in [1.807, 2.05) is 0 Å². The Bertz CT molecular complexity index is 847. The molecule has 33 heavy (non-hydrogen) atoms. The molecular formula is C28H38N2O3. The third-order valence-corrected chi connectivity index (χ3v) is 6.68. The van der Waals surface area contributed by atoms with Crippen molar-refractivity contribution in [1.29, 1.82) is 0 Å². The monoisotopic (exact) mass is 450 g/mol. The Morgan fingerprint density at radius 2 is 1.48 bits per heavy atom. The molecule has 0 bridgehead atoms. The fraction of sp³-hybridized carbons (Fsp3) is 0.571. The molecule has 5 nitrogen and oxygen atoms in total. The van der Waals surface area contributed by atoms with Crippen LogP contribution >= 0.6 is 0 Å². The number of hydrogen-bond acceptors (Lipinski definition) is 5. The zero-order chi connectivity index (χ0) is 22.6. The molecule has 5 heteroatoms. The summed E-state index contributed by atoms with van der Waals surface area (Å²) in [6, 6.07) is 9.17. The van der Waals surface area contributed by atoms with Gasteiger partial charge in [-0.15, -0.1) is 0 Å². The van der Waals surface area contributed by atoms with Crippen LogP contribution < -0.4 is 4.90 Å². The van der Waals surface area contributed by atoms with Crippen molar-refractivity contribution in [3.8, 4) is 0 Å². The van der Waals surface area contributed by atoms with Crippen molar-refractivity contribution < 1.29 is 14.2 Å². The van der Waals surface area contributed by atoms with Crippen LogP contribution in [-0.2, 0) is 20.6 Å². The minimum Gasteiger partial charge on any atom is -0.371 e. The Morgan fingerprint density at radius 3 is 2.03 bits per heavy atom. The topological polar surface area (TPSA) is 44.1 Å². The molecule has 3 aliphatic heterocycles. The van der Waals surface area contributed by atoms with Gasteiger partial charge in [-0.25, -0.2) is 0 Å². The van der Waals surface area contributed by atoms with E-state index in [0.29, 0.717) is 18.3 Å². The number of epoxide rings is 3. The van der Waals surface area contributed by atoms with E-state index in [2.05, 4.69) is 72.2 Å². The van der Waals surface area contributed by atoms with Gasteiger partial charge in [0, 0.05) is 37.6 Å². The number of nitrogens with zero attached hydrogens (tertiary/aromatic N) is 2. The number of rotatable bonds is 14. The molecule has 4 aliphatic rings. The summed E-state index contributed by atoms with van der Waals surface area (Å²) in [4.78, 5) is 4.93. The summed E-state index contributed by atoms with van der Waals surface area (Å²) in [6.07, 6.45) is 13.7. The van der Waals surface area contributed by atoms with Gasteiger partial charge in [0.05, 0.1) is 38.1 Å². The molecule has 1 aromatic carbocycles. The molecule has 4 fully saturated rings. The summed E-state index contributed by atoms with van der Waals surface area (Å²) in [7, 11) is 0. The summed E-state index contributed by atoms with van der Waals surface area (Å²) in [6.45, 7) is 11.1. The van der Waals surface area contributed by atoms with Gasteiger partial charge in [0.1, 0.15) is 0 Å². The molecule has 0 amide bonds. The first kappa shape index (κ1) is 22.7. The van der Waals surface area contributed by atoms with E-state index in [9.17, 15) is 0 Å². The molecule has 3 saturated heterocycles. The van der Waals surface area contributed by atoms with Crippen molar-refractivity contribution in [2.75, 3.05) is 50.9 Å². The lowest BCUT2D eigenvalue weighted by Crippen LogP contribution is -2.30. The Balaban J connectivity index is 1.21. The van der Waals surface area contributed by atoms with Gasteiger partial charge < -0.3 is 24.0 Å². The van der Waals surface area contributed by atoms with E-state index in [1.54, 1.807) is 0 Å². The molecule has 1 saturated carbocycles. The Labute approximate surface area is 198 Å². The highest BCUT2D eigenvalue weighted by atomic mass is 16.6. The maximum atomic E-state index is 5.49. The molecule has 178 valence electrons. The number of hydrogen-bond donors (Lipinski definition) is 0. The summed E-state index contributed by atoms with van der Waals surface area (Å²) in [5, 5.41) is 0. The average Bonchev–Trinajstić information content (AvgIpc) is 3.61. The van der Waals surface area contributed by atoms with Crippen LogP contribution in [-0.4, -0.2) is 69.2 Å².